The van der Waals surface area contributed by atoms with Crippen molar-refractivity contribution in [2.75, 3.05) is 0 Å². The molecule has 41 heavy (non-hydrogen) atoms. The molecule has 0 atom stereocenters. The van der Waals surface area contributed by atoms with Gasteiger partial charge in [-0.1, -0.05) is 127 Å². The van der Waals surface area contributed by atoms with E-state index in [9.17, 15) is 0 Å². The topological polar surface area (TPSA) is 0 Å². The third-order valence-electron chi connectivity index (χ3n) is 8.64. The van der Waals surface area contributed by atoms with Gasteiger partial charge in [0.1, 0.15) is 0 Å². The van der Waals surface area contributed by atoms with Crippen LogP contribution in [0.3, 0.4) is 0 Å². The molecule has 0 saturated carbocycles. The maximum atomic E-state index is 2.40. The Hall–Kier alpha value is -4.98. The summed E-state index contributed by atoms with van der Waals surface area (Å²) >= 11 is 1.91. The van der Waals surface area contributed by atoms with Crippen LogP contribution in [-0.2, 0) is 0 Å². The zero-order valence-electron chi connectivity index (χ0n) is 22.3. The van der Waals surface area contributed by atoms with Gasteiger partial charge in [0.05, 0.1) is 0 Å². The predicted octanol–water partition coefficient (Wildman–Crippen LogP) is 12.0. The second-order valence-electron chi connectivity index (χ2n) is 10.9. The van der Waals surface area contributed by atoms with Gasteiger partial charge >= 0.3 is 0 Å². The second kappa shape index (κ2) is 8.76. The van der Waals surface area contributed by atoms with Gasteiger partial charge in [0.25, 0.3) is 0 Å². The molecule has 0 fully saturated rings. The van der Waals surface area contributed by atoms with Crippen LogP contribution in [0.25, 0.3) is 85.5 Å². The van der Waals surface area contributed by atoms with E-state index < -0.39 is 0 Å². The number of thiophene rings is 1. The quantitative estimate of drug-likeness (QED) is 0.193. The third kappa shape index (κ3) is 3.40. The van der Waals surface area contributed by atoms with Crippen molar-refractivity contribution in [3.05, 3.63) is 146 Å². The van der Waals surface area contributed by atoms with Gasteiger partial charge in [0, 0.05) is 25.6 Å². The first-order valence-corrected chi connectivity index (χ1v) is 14.9. The standard InChI is InChI=1S/C40H24S/c1-2-10-29-28(9-1)24-36(33-14-4-3-11-30(29)33)26-19-17-25(18-20-26)27-21-22-38-37(23-27)39-34-15-7-5-12-31(34)32-13-6-8-16-35(32)40(39)41-38/h1-24H. The fourth-order valence-electron chi connectivity index (χ4n) is 6.72. The van der Waals surface area contributed by atoms with Crippen molar-refractivity contribution >= 4 is 74.6 Å². The van der Waals surface area contributed by atoms with Gasteiger partial charge in [-0.05, 0) is 78.2 Å². The number of hydrogen-bond donors (Lipinski definition) is 0. The van der Waals surface area contributed by atoms with Gasteiger partial charge in [-0.2, -0.15) is 0 Å². The van der Waals surface area contributed by atoms with Crippen molar-refractivity contribution in [3.63, 3.8) is 0 Å². The summed E-state index contributed by atoms with van der Waals surface area (Å²) in [6.45, 7) is 0. The normalized spacial score (nSPS) is 11.9. The summed E-state index contributed by atoms with van der Waals surface area (Å²) in [4.78, 5) is 0. The van der Waals surface area contributed by atoms with Crippen molar-refractivity contribution in [1.29, 1.82) is 0 Å². The highest BCUT2D eigenvalue weighted by molar-refractivity contribution is 7.27. The summed E-state index contributed by atoms with van der Waals surface area (Å²) < 4.78 is 2.72. The van der Waals surface area contributed by atoms with Gasteiger partial charge in [-0.3, -0.25) is 0 Å². The zero-order chi connectivity index (χ0) is 26.9. The minimum absolute atomic E-state index is 1.24. The molecule has 1 aromatic heterocycles. The SMILES string of the molecule is c1ccc2c(c1)cc(-c1ccc(-c3ccc4sc5c6ccccc6c6ccccc6c5c4c3)cc1)c1ccccc12. The van der Waals surface area contributed by atoms with E-state index in [0.717, 1.165) is 0 Å². The first-order chi connectivity index (χ1) is 20.3. The Morgan fingerprint density at radius 2 is 0.878 bits per heavy atom. The fourth-order valence-corrected chi connectivity index (χ4v) is 7.96. The molecular formula is C40H24S. The van der Waals surface area contributed by atoms with Gasteiger partial charge in [0.15, 0.2) is 0 Å². The van der Waals surface area contributed by atoms with Gasteiger partial charge < -0.3 is 0 Å². The largest absolute Gasteiger partial charge is 0.135 e. The van der Waals surface area contributed by atoms with E-state index in [2.05, 4.69) is 146 Å². The molecule has 0 saturated heterocycles. The molecule has 0 radical (unpaired) electrons. The molecule has 0 aliphatic carbocycles. The Kier molecular flexibility index (Phi) is 4.87. The van der Waals surface area contributed by atoms with E-state index in [-0.39, 0.29) is 0 Å². The Balaban J connectivity index is 1.22. The molecule has 0 spiro atoms. The minimum atomic E-state index is 1.24. The number of rotatable bonds is 2. The lowest BCUT2D eigenvalue weighted by Crippen LogP contribution is -1.85. The molecule has 9 aromatic rings. The predicted molar refractivity (Wildman–Crippen MR) is 180 cm³/mol. The van der Waals surface area contributed by atoms with E-state index >= 15 is 0 Å². The maximum Gasteiger partial charge on any atom is 0.0440 e. The molecule has 0 aliphatic heterocycles. The first kappa shape index (κ1) is 22.8. The molecule has 0 amide bonds. The number of hydrogen-bond acceptors (Lipinski definition) is 1. The highest BCUT2D eigenvalue weighted by atomic mass is 32.1. The number of fused-ring (bicyclic) bond motifs is 11. The third-order valence-corrected chi connectivity index (χ3v) is 9.85. The fraction of sp³-hybridized carbons (Fsp3) is 0. The second-order valence-corrected chi connectivity index (χ2v) is 11.9. The summed E-state index contributed by atoms with van der Waals surface area (Å²) in [5, 5.41) is 13.2. The molecule has 9 rings (SSSR count). The lowest BCUT2D eigenvalue weighted by atomic mass is 9.92. The van der Waals surface area contributed by atoms with Crippen LogP contribution in [0.4, 0.5) is 0 Å². The molecule has 0 N–H and O–H groups in total. The van der Waals surface area contributed by atoms with Crippen LogP contribution in [0.2, 0.25) is 0 Å². The van der Waals surface area contributed by atoms with Gasteiger partial charge in [-0.15, -0.1) is 11.3 Å². The van der Waals surface area contributed by atoms with Gasteiger partial charge in [0.2, 0.25) is 0 Å². The molecule has 0 unspecified atom stereocenters. The maximum absolute atomic E-state index is 2.40. The van der Waals surface area contributed by atoms with E-state index in [0.29, 0.717) is 0 Å². The molecule has 1 heterocycles. The van der Waals surface area contributed by atoms with Crippen molar-refractivity contribution in [2.24, 2.45) is 0 Å². The lowest BCUT2D eigenvalue weighted by molar-refractivity contribution is 1.63. The van der Waals surface area contributed by atoms with Crippen LogP contribution >= 0.6 is 11.3 Å². The molecule has 0 bridgehead atoms. The van der Waals surface area contributed by atoms with Crippen LogP contribution in [0.1, 0.15) is 0 Å². The van der Waals surface area contributed by atoms with E-state index in [1.54, 1.807) is 0 Å². The van der Waals surface area contributed by atoms with Crippen LogP contribution in [0, 0.1) is 0 Å². The van der Waals surface area contributed by atoms with E-state index in [4.69, 9.17) is 0 Å². The summed E-state index contributed by atoms with van der Waals surface area (Å²) in [5.41, 5.74) is 5.02. The Labute approximate surface area is 241 Å². The summed E-state index contributed by atoms with van der Waals surface area (Å²) in [6, 6.07) is 53.6. The highest BCUT2D eigenvalue weighted by Crippen LogP contribution is 2.45. The van der Waals surface area contributed by atoms with Crippen molar-refractivity contribution in [2.45, 2.75) is 0 Å². The van der Waals surface area contributed by atoms with Crippen LogP contribution in [0.15, 0.2) is 146 Å². The Bertz CT molecular complexity index is 2460. The summed E-state index contributed by atoms with van der Waals surface area (Å²) in [6.07, 6.45) is 0. The van der Waals surface area contributed by atoms with Gasteiger partial charge in [-0.25, -0.2) is 0 Å². The van der Waals surface area contributed by atoms with Crippen molar-refractivity contribution in [1.82, 2.24) is 0 Å². The van der Waals surface area contributed by atoms with Crippen molar-refractivity contribution in [3.8, 4) is 22.3 Å². The average Bonchev–Trinajstić information content (AvgIpc) is 3.44. The van der Waals surface area contributed by atoms with Crippen LogP contribution in [-0.4, -0.2) is 0 Å². The Morgan fingerprint density at radius 1 is 0.341 bits per heavy atom. The highest BCUT2D eigenvalue weighted by Gasteiger charge is 2.15. The molecule has 0 aliphatic rings. The lowest BCUT2D eigenvalue weighted by Gasteiger charge is -2.12. The van der Waals surface area contributed by atoms with Crippen LogP contribution in [0.5, 0.6) is 0 Å². The summed E-state index contributed by atoms with van der Waals surface area (Å²) in [5.74, 6) is 0. The average molecular weight is 537 g/mol. The molecule has 8 aromatic carbocycles. The van der Waals surface area contributed by atoms with Crippen LogP contribution < -0.4 is 0 Å². The zero-order valence-corrected chi connectivity index (χ0v) is 23.1. The monoisotopic (exact) mass is 536 g/mol. The smallest absolute Gasteiger partial charge is 0.0440 e. The van der Waals surface area contributed by atoms with E-state index in [1.807, 2.05) is 11.3 Å². The molecule has 190 valence electrons. The minimum Gasteiger partial charge on any atom is -0.135 e. The summed E-state index contributed by atoms with van der Waals surface area (Å²) in [7, 11) is 0. The Morgan fingerprint density at radius 3 is 1.63 bits per heavy atom. The van der Waals surface area contributed by atoms with Crippen molar-refractivity contribution < 1.29 is 0 Å². The number of benzene rings is 8. The molecule has 0 nitrogen and oxygen atoms in total. The molecule has 1 heteroatoms. The van der Waals surface area contributed by atoms with E-state index in [1.165, 1.54) is 85.5 Å². The molecular weight excluding hydrogens is 513 g/mol. The first-order valence-electron chi connectivity index (χ1n) is 14.1.